The van der Waals surface area contributed by atoms with Crippen molar-refractivity contribution >= 4 is 49.2 Å². The van der Waals surface area contributed by atoms with E-state index in [9.17, 15) is 25.8 Å². The highest BCUT2D eigenvalue weighted by atomic mass is 32.2. The highest BCUT2D eigenvalue weighted by Crippen LogP contribution is 2.32. The molecule has 4 rings (SSSR count). The number of allylic oxidation sites excluding steroid dienone is 1. The number of aliphatic imine (C=N–C) groups is 1. The molecule has 2 heterocycles. The van der Waals surface area contributed by atoms with Crippen molar-refractivity contribution in [3.63, 3.8) is 0 Å². The van der Waals surface area contributed by atoms with Crippen molar-refractivity contribution in [2.24, 2.45) is 4.99 Å². The van der Waals surface area contributed by atoms with Gasteiger partial charge in [0, 0.05) is 12.0 Å². The number of para-hydroxylation sites is 1. The average Bonchev–Trinajstić information content (AvgIpc) is 3.04. The minimum atomic E-state index is -4.90. The van der Waals surface area contributed by atoms with Gasteiger partial charge in [0.25, 0.3) is 0 Å². The van der Waals surface area contributed by atoms with Gasteiger partial charge in [-0.25, -0.2) is 22.6 Å². The van der Waals surface area contributed by atoms with Crippen LogP contribution >= 0.6 is 0 Å². The van der Waals surface area contributed by atoms with Crippen LogP contribution in [0.25, 0.3) is 17.2 Å². The number of fused-ring (bicyclic) bond motifs is 2. The van der Waals surface area contributed by atoms with Gasteiger partial charge < -0.3 is 4.42 Å². The number of aromatic nitrogens is 1. The number of rotatable bonds is 4. The summed E-state index contributed by atoms with van der Waals surface area (Å²) in [7, 11) is -6.75. The van der Waals surface area contributed by atoms with Gasteiger partial charge in [-0.05, 0) is 30.3 Å². The summed E-state index contributed by atoms with van der Waals surface area (Å²) in [6.07, 6.45) is 1.47. The SMILES string of the molecule is CCS(=O)(=O)C1=Cc2ccccc2N=C(c2nc3cc(S(=O)C(F)(F)F)ccc3o2)C1. The van der Waals surface area contributed by atoms with E-state index in [0.717, 1.165) is 12.1 Å². The third kappa shape index (κ3) is 4.19. The van der Waals surface area contributed by atoms with Crippen molar-refractivity contribution < 1.29 is 30.2 Å². The Labute approximate surface area is 177 Å². The molecule has 0 saturated carbocycles. The van der Waals surface area contributed by atoms with Crippen molar-refractivity contribution in [1.29, 1.82) is 0 Å². The second-order valence-corrected chi connectivity index (χ2v) is 10.5. The van der Waals surface area contributed by atoms with Crippen LogP contribution < -0.4 is 0 Å². The molecule has 162 valence electrons. The summed E-state index contributed by atoms with van der Waals surface area (Å²) < 4.78 is 80.7. The molecule has 3 aromatic rings. The summed E-state index contributed by atoms with van der Waals surface area (Å²) in [6.45, 7) is 1.53. The first-order valence-electron chi connectivity index (χ1n) is 9.08. The molecule has 1 unspecified atom stereocenters. The molecule has 0 spiro atoms. The summed E-state index contributed by atoms with van der Waals surface area (Å²) in [4.78, 5) is 8.38. The van der Waals surface area contributed by atoms with E-state index in [1.165, 1.54) is 13.0 Å². The lowest BCUT2D eigenvalue weighted by Gasteiger charge is -2.05. The number of alkyl halides is 3. The summed E-state index contributed by atoms with van der Waals surface area (Å²) in [5.41, 5.74) is -3.31. The monoisotopic (exact) mass is 468 g/mol. The minimum absolute atomic E-state index is 0.0150. The van der Waals surface area contributed by atoms with Gasteiger partial charge in [0.1, 0.15) is 11.2 Å². The smallest absolute Gasteiger partial charge is 0.435 e. The van der Waals surface area contributed by atoms with Gasteiger partial charge in [0.15, 0.2) is 26.2 Å². The molecule has 1 aromatic heterocycles. The maximum absolute atomic E-state index is 12.8. The molecule has 0 N–H and O–H groups in total. The Bertz CT molecular complexity index is 1370. The van der Waals surface area contributed by atoms with Crippen molar-refractivity contribution in [3.05, 3.63) is 58.8 Å². The second kappa shape index (κ2) is 7.72. The predicted octanol–water partition coefficient (Wildman–Crippen LogP) is 4.76. The molecule has 1 atom stereocenters. The molecule has 0 radical (unpaired) electrons. The Morgan fingerprint density at radius 2 is 1.90 bits per heavy atom. The Hall–Kier alpha value is -2.79. The fourth-order valence-corrected chi connectivity index (χ4v) is 4.79. The predicted molar refractivity (Wildman–Crippen MR) is 111 cm³/mol. The first-order valence-corrected chi connectivity index (χ1v) is 11.9. The van der Waals surface area contributed by atoms with E-state index in [2.05, 4.69) is 9.98 Å². The van der Waals surface area contributed by atoms with E-state index in [1.807, 2.05) is 0 Å². The van der Waals surface area contributed by atoms with Gasteiger partial charge in [-0.2, -0.15) is 13.2 Å². The zero-order valence-electron chi connectivity index (χ0n) is 16.0. The Balaban J connectivity index is 1.82. The van der Waals surface area contributed by atoms with Crippen LogP contribution in [0.1, 0.15) is 24.8 Å². The fourth-order valence-electron chi connectivity index (χ4n) is 3.07. The second-order valence-electron chi connectivity index (χ2n) is 6.67. The highest BCUT2D eigenvalue weighted by Gasteiger charge is 2.38. The fraction of sp³-hybridized carbons (Fsp3) is 0.200. The van der Waals surface area contributed by atoms with Crippen LogP contribution in [0.3, 0.4) is 0 Å². The summed E-state index contributed by atoms with van der Waals surface area (Å²) in [5, 5.41) is 0. The summed E-state index contributed by atoms with van der Waals surface area (Å²) in [5.74, 6) is -0.118. The molecular formula is C20H15F3N2O4S2. The summed E-state index contributed by atoms with van der Waals surface area (Å²) in [6, 6.07) is 10.3. The number of nitrogens with zero attached hydrogens (tertiary/aromatic N) is 2. The van der Waals surface area contributed by atoms with E-state index in [4.69, 9.17) is 4.42 Å². The van der Waals surface area contributed by atoms with Crippen LogP contribution in [0.5, 0.6) is 0 Å². The van der Waals surface area contributed by atoms with Crippen molar-refractivity contribution in [3.8, 4) is 0 Å². The van der Waals surface area contributed by atoms with Gasteiger partial charge in [-0.1, -0.05) is 25.1 Å². The highest BCUT2D eigenvalue weighted by molar-refractivity contribution is 7.95. The Kier molecular flexibility index (Phi) is 5.34. The van der Waals surface area contributed by atoms with Gasteiger partial charge in [-0.3, -0.25) is 0 Å². The lowest BCUT2D eigenvalue weighted by molar-refractivity contribution is -0.0384. The normalized spacial score (nSPS) is 15.7. The summed E-state index contributed by atoms with van der Waals surface area (Å²) >= 11 is 0. The van der Waals surface area contributed by atoms with Crippen LogP contribution in [0.15, 0.2) is 61.7 Å². The first kappa shape index (κ1) is 21.4. The molecule has 6 nitrogen and oxygen atoms in total. The number of hydrogen-bond donors (Lipinski definition) is 0. The molecular weight excluding hydrogens is 453 g/mol. The first-order chi connectivity index (χ1) is 14.6. The van der Waals surface area contributed by atoms with Gasteiger partial charge >= 0.3 is 5.51 Å². The molecule has 0 aliphatic carbocycles. The quantitative estimate of drug-likeness (QED) is 0.551. The maximum Gasteiger partial charge on any atom is 0.475 e. The molecule has 0 bridgehead atoms. The number of benzene rings is 2. The van der Waals surface area contributed by atoms with Crippen molar-refractivity contribution in [2.75, 3.05) is 5.75 Å². The third-order valence-electron chi connectivity index (χ3n) is 4.66. The van der Waals surface area contributed by atoms with E-state index in [0.29, 0.717) is 11.3 Å². The van der Waals surface area contributed by atoms with Crippen LogP contribution in [0.4, 0.5) is 18.9 Å². The molecule has 31 heavy (non-hydrogen) atoms. The molecule has 0 saturated heterocycles. The van der Waals surface area contributed by atoms with Crippen molar-refractivity contribution in [2.45, 2.75) is 23.7 Å². The zero-order valence-corrected chi connectivity index (χ0v) is 17.6. The van der Waals surface area contributed by atoms with Crippen LogP contribution in [0.2, 0.25) is 0 Å². The van der Waals surface area contributed by atoms with Crippen LogP contribution in [-0.2, 0) is 20.6 Å². The van der Waals surface area contributed by atoms with E-state index in [-0.39, 0.29) is 39.8 Å². The number of sulfone groups is 1. The van der Waals surface area contributed by atoms with Crippen LogP contribution in [0, 0.1) is 0 Å². The van der Waals surface area contributed by atoms with E-state index in [1.54, 1.807) is 30.3 Å². The molecule has 0 amide bonds. The maximum atomic E-state index is 12.8. The van der Waals surface area contributed by atoms with Crippen molar-refractivity contribution in [1.82, 2.24) is 4.98 Å². The Morgan fingerprint density at radius 3 is 2.61 bits per heavy atom. The van der Waals surface area contributed by atoms with Gasteiger partial charge in [-0.15, -0.1) is 0 Å². The zero-order chi connectivity index (χ0) is 22.4. The minimum Gasteiger partial charge on any atom is -0.435 e. The topological polar surface area (TPSA) is 89.6 Å². The Morgan fingerprint density at radius 1 is 1.16 bits per heavy atom. The molecule has 1 aliphatic heterocycles. The van der Waals surface area contributed by atoms with Gasteiger partial charge in [0.2, 0.25) is 5.89 Å². The molecule has 11 heteroatoms. The van der Waals surface area contributed by atoms with Gasteiger partial charge in [0.05, 0.1) is 21.2 Å². The standard InChI is InChI=1S/C20H15F3N2O4S2/c1-2-31(27,28)14-9-12-5-3-4-6-15(12)24-17(11-14)19-25-16-10-13(7-8-18(16)29-19)30(26)20(21,22)23/h3-10H,2,11H2,1H3. The molecule has 0 fully saturated rings. The number of halogens is 3. The largest absolute Gasteiger partial charge is 0.475 e. The molecule has 1 aliphatic rings. The molecule has 2 aromatic carbocycles. The van der Waals surface area contributed by atoms with E-state index < -0.39 is 31.0 Å². The third-order valence-corrected chi connectivity index (χ3v) is 7.58. The number of oxazole rings is 1. The lowest BCUT2D eigenvalue weighted by Crippen LogP contribution is -2.16. The lowest BCUT2D eigenvalue weighted by atomic mass is 10.1. The average molecular weight is 468 g/mol. The van der Waals surface area contributed by atoms with Crippen LogP contribution in [-0.4, -0.2) is 34.6 Å². The van der Waals surface area contributed by atoms with E-state index >= 15 is 0 Å². The number of hydrogen-bond acceptors (Lipinski definition) is 6.